The molecule has 0 amide bonds. The molecule has 0 saturated heterocycles. The summed E-state index contributed by atoms with van der Waals surface area (Å²) >= 11 is 0. The van der Waals surface area contributed by atoms with Gasteiger partial charge in [0.2, 0.25) is 0 Å². The topological polar surface area (TPSA) is 38.3 Å². The average Bonchev–Trinajstić information content (AvgIpc) is 2.55. The first-order valence-electron chi connectivity index (χ1n) is 7.76. The molecular formula is C18H29NO2. The van der Waals surface area contributed by atoms with Gasteiger partial charge in [0.25, 0.3) is 0 Å². The van der Waals surface area contributed by atoms with Crippen molar-refractivity contribution in [3.8, 4) is 0 Å². The van der Waals surface area contributed by atoms with Crippen molar-refractivity contribution in [3.05, 3.63) is 34.6 Å². The largest absolute Gasteiger partial charge is 0.426 e. The highest BCUT2D eigenvalue weighted by atomic mass is 16.5. The minimum Gasteiger partial charge on any atom is -0.426 e. The van der Waals surface area contributed by atoms with Gasteiger partial charge < -0.3 is 10.1 Å². The predicted octanol–water partition coefficient (Wildman–Crippen LogP) is 4.13. The molecule has 0 aliphatic heterocycles. The van der Waals surface area contributed by atoms with Gasteiger partial charge in [-0.1, -0.05) is 32.4 Å². The van der Waals surface area contributed by atoms with E-state index < -0.39 is 0 Å². The summed E-state index contributed by atoms with van der Waals surface area (Å²) in [5.74, 6) is 0.550. The van der Waals surface area contributed by atoms with Gasteiger partial charge in [-0.25, -0.2) is 0 Å². The molecule has 0 aromatic heterocycles. The normalized spacial score (nSPS) is 16.3. The van der Waals surface area contributed by atoms with Crippen molar-refractivity contribution in [1.29, 1.82) is 0 Å². The maximum absolute atomic E-state index is 12.0. The maximum Gasteiger partial charge on any atom is 0.312 e. The second-order valence-electron chi connectivity index (χ2n) is 6.39. The lowest BCUT2D eigenvalue weighted by molar-refractivity contribution is -0.139. The van der Waals surface area contributed by atoms with Crippen LogP contribution >= 0.6 is 0 Å². The van der Waals surface area contributed by atoms with Gasteiger partial charge in [-0.05, 0) is 50.8 Å². The SMILES string of the molecule is CCC(C)(C)C1=C(OC(=O)CCNC)C=C(C)CC=C1C. The Bertz CT molecular complexity index is 481. The molecule has 3 heteroatoms. The van der Waals surface area contributed by atoms with Crippen molar-refractivity contribution in [3.63, 3.8) is 0 Å². The van der Waals surface area contributed by atoms with Crippen molar-refractivity contribution in [2.75, 3.05) is 13.6 Å². The highest BCUT2D eigenvalue weighted by Crippen LogP contribution is 2.39. The van der Waals surface area contributed by atoms with E-state index in [0.717, 1.165) is 24.2 Å². The molecule has 0 aromatic carbocycles. The quantitative estimate of drug-likeness (QED) is 0.748. The van der Waals surface area contributed by atoms with Crippen LogP contribution in [0.4, 0.5) is 0 Å². The lowest BCUT2D eigenvalue weighted by Crippen LogP contribution is -2.20. The summed E-state index contributed by atoms with van der Waals surface area (Å²) in [6.45, 7) is 11.4. The van der Waals surface area contributed by atoms with E-state index in [-0.39, 0.29) is 11.4 Å². The Hall–Kier alpha value is -1.35. The Morgan fingerprint density at radius 1 is 1.38 bits per heavy atom. The van der Waals surface area contributed by atoms with Crippen LogP contribution in [-0.4, -0.2) is 19.6 Å². The van der Waals surface area contributed by atoms with Gasteiger partial charge in [-0.2, -0.15) is 0 Å². The molecule has 1 N–H and O–H groups in total. The summed E-state index contributed by atoms with van der Waals surface area (Å²) in [6, 6.07) is 0. The molecule has 1 aliphatic rings. The molecule has 0 bridgehead atoms. The molecule has 21 heavy (non-hydrogen) atoms. The van der Waals surface area contributed by atoms with E-state index >= 15 is 0 Å². The zero-order valence-corrected chi connectivity index (χ0v) is 14.3. The van der Waals surface area contributed by atoms with Gasteiger partial charge >= 0.3 is 5.97 Å². The fourth-order valence-electron chi connectivity index (χ4n) is 2.49. The summed E-state index contributed by atoms with van der Waals surface area (Å²) in [4.78, 5) is 12.0. The molecule has 1 aliphatic carbocycles. The van der Waals surface area contributed by atoms with E-state index in [1.54, 1.807) is 0 Å². The van der Waals surface area contributed by atoms with Crippen LogP contribution in [0.3, 0.4) is 0 Å². The van der Waals surface area contributed by atoms with E-state index in [1.807, 2.05) is 13.1 Å². The Morgan fingerprint density at radius 3 is 2.62 bits per heavy atom. The standard InChI is InChI=1S/C18H29NO2/c1-7-18(4,5)17-14(3)9-8-13(2)12-15(17)21-16(20)10-11-19-6/h9,12,19H,7-8,10-11H2,1-6H3. The third-order valence-corrected chi connectivity index (χ3v) is 4.11. The number of carbonyl (C=O) groups is 1. The average molecular weight is 291 g/mol. The van der Waals surface area contributed by atoms with Crippen LogP contribution in [0.15, 0.2) is 34.6 Å². The monoisotopic (exact) mass is 291 g/mol. The van der Waals surface area contributed by atoms with E-state index in [1.165, 1.54) is 11.1 Å². The maximum atomic E-state index is 12.0. The molecule has 3 nitrogen and oxygen atoms in total. The summed E-state index contributed by atoms with van der Waals surface area (Å²) in [6.07, 6.45) is 6.55. The third kappa shape index (κ3) is 4.85. The van der Waals surface area contributed by atoms with Crippen molar-refractivity contribution >= 4 is 5.97 Å². The summed E-state index contributed by atoms with van der Waals surface area (Å²) in [7, 11) is 1.83. The van der Waals surface area contributed by atoms with Gasteiger partial charge in [0.1, 0.15) is 5.76 Å². The zero-order valence-electron chi connectivity index (χ0n) is 14.3. The van der Waals surface area contributed by atoms with Gasteiger partial charge in [-0.3, -0.25) is 4.79 Å². The fraction of sp³-hybridized carbons (Fsp3) is 0.611. The summed E-state index contributed by atoms with van der Waals surface area (Å²) < 4.78 is 5.70. The Labute approximate surface area is 129 Å². The van der Waals surface area contributed by atoms with Gasteiger partial charge in [0, 0.05) is 12.1 Å². The first kappa shape index (κ1) is 17.7. The molecule has 0 atom stereocenters. The van der Waals surface area contributed by atoms with Crippen LogP contribution < -0.4 is 5.32 Å². The summed E-state index contributed by atoms with van der Waals surface area (Å²) in [5, 5.41) is 2.97. The van der Waals surface area contributed by atoms with Crippen LogP contribution in [0.25, 0.3) is 0 Å². The number of esters is 1. The minimum absolute atomic E-state index is 0.0136. The number of ether oxygens (including phenoxy) is 1. The van der Waals surface area contributed by atoms with Crippen molar-refractivity contribution in [2.45, 2.75) is 53.9 Å². The fourth-order valence-corrected chi connectivity index (χ4v) is 2.49. The number of nitrogens with one attached hydrogen (secondary N) is 1. The first-order chi connectivity index (χ1) is 9.81. The van der Waals surface area contributed by atoms with E-state index in [0.29, 0.717) is 13.0 Å². The highest BCUT2D eigenvalue weighted by Gasteiger charge is 2.28. The second kappa shape index (κ2) is 7.60. The second-order valence-corrected chi connectivity index (χ2v) is 6.39. The minimum atomic E-state index is -0.178. The van der Waals surface area contributed by atoms with Crippen LogP contribution in [-0.2, 0) is 9.53 Å². The van der Waals surface area contributed by atoms with Crippen molar-refractivity contribution < 1.29 is 9.53 Å². The van der Waals surface area contributed by atoms with Gasteiger partial charge in [0.05, 0.1) is 6.42 Å². The van der Waals surface area contributed by atoms with E-state index in [2.05, 4.69) is 46.0 Å². The molecule has 0 fully saturated rings. The number of allylic oxidation sites excluding steroid dienone is 5. The van der Waals surface area contributed by atoms with Gasteiger partial charge in [0.15, 0.2) is 0 Å². The van der Waals surface area contributed by atoms with E-state index in [9.17, 15) is 4.79 Å². The Morgan fingerprint density at radius 2 is 2.05 bits per heavy atom. The lowest BCUT2D eigenvalue weighted by Gasteiger charge is -2.29. The molecule has 1 rings (SSSR count). The van der Waals surface area contributed by atoms with E-state index in [4.69, 9.17) is 4.74 Å². The molecule has 0 radical (unpaired) electrons. The van der Waals surface area contributed by atoms with Crippen LogP contribution in [0.2, 0.25) is 0 Å². The Kier molecular flexibility index (Phi) is 6.41. The predicted molar refractivity (Wildman–Crippen MR) is 87.9 cm³/mol. The van der Waals surface area contributed by atoms with Crippen LogP contribution in [0.1, 0.15) is 53.9 Å². The number of carbonyl (C=O) groups excluding carboxylic acids is 1. The highest BCUT2D eigenvalue weighted by molar-refractivity contribution is 5.71. The molecule has 0 unspecified atom stereocenters. The zero-order chi connectivity index (χ0) is 16.0. The number of hydrogen-bond acceptors (Lipinski definition) is 3. The molecule has 0 spiro atoms. The van der Waals surface area contributed by atoms with Crippen molar-refractivity contribution in [1.82, 2.24) is 5.32 Å². The van der Waals surface area contributed by atoms with Crippen LogP contribution in [0.5, 0.6) is 0 Å². The Balaban J connectivity index is 3.20. The first-order valence-corrected chi connectivity index (χ1v) is 7.76. The van der Waals surface area contributed by atoms with Crippen molar-refractivity contribution in [2.24, 2.45) is 5.41 Å². The summed E-state index contributed by atoms with van der Waals surface area (Å²) in [5.41, 5.74) is 3.57. The molecule has 0 aromatic rings. The molecule has 0 heterocycles. The third-order valence-electron chi connectivity index (χ3n) is 4.11. The number of rotatable bonds is 6. The molecule has 0 saturated carbocycles. The van der Waals surface area contributed by atoms with Gasteiger partial charge in [-0.15, -0.1) is 0 Å². The van der Waals surface area contributed by atoms with Crippen LogP contribution in [0, 0.1) is 5.41 Å². The smallest absolute Gasteiger partial charge is 0.312 e. The number of hydrogen-bond donors (Lipinski definition) is 1. The molecular weight excluding hydrogens is 262 g/mol. The lowest BCUT2D eigenvalue weighted by atomic mass is 9.77. The molecule has 118 valence electrons.